The van der Waals surface area contributed by atoms with Crippen LogP contribution in [0.4, 0.5) is 5.69 Å². The van der Waals surface area contributed by atoms with Crippen molar-refractivity contribution in [2.24, 2.45) is 0 Å². The summed E-state index contributed by atoms with van der Waals surface area (Å²) in [7, 11) is -2.01. The highest BCUT2D eigenvalue weighted by Gasteiger charge is 2.29. The Hall–Kier alpha value is -1.60. The number of ether oxygens (including phenoxy) is 1. The van der Waals surface area contributed by atoms with Crippen molar-refractivity contribution in [1.82, 2.24) is 4.31 Å². The summed E-state index contributed by atoms with van der Waals surface area (Å²) in [6.45, 7) is 1.72. The van der Waals surface area contributed by atoms with E-state index in [2.05, 4.69) is 0 Å². The fraction of sp³-hybridized carbons (Fsp3) is 0.588. The van der Waals surface area contributed by atoms with E-state index in [1.807, 2.05) is 0 Å². The van der Waals surface area contributed by atoms with E-state index < -0.39 is 10.0 Å². The Morgan fingerprint density at radius 1 is 1.00 bits per heavy atom. The highest BCUT2D eigenvalue weighted by molar-refractivity contribution is 7.89. The van der Waals surface area contributed by atoms with Gasteiger partial charge in [-0.2, -0.15) is 4.31 Å². The Balaban J connectivity index is 1.97. The molecule has 0 spiro atoms. The molecular weight excluding hydrogens is 328 g/mol. The van der Waals surface area contributed by atoms with Crippen molar-refractivity contribution in [3.05, 3.63) is 18.2 Å². The minimum Gasteiger partial charge on any atom is -0.495 e. The van der Waals surface area contributed by atoms with Gasteiger partial charge in [0.25, 0.3) is 0 Å². The number of rotatable bonds is 4. The van der Waals surface area contributed by atoms with Gasteiger partial charge in [0.1, 0.15) is 5.75 Å². The van der Waals surface area contributed by atoms with Crippen LogP contribution in [0.25, 0.3) is 0 Å². The van der Waals surface area contributed by atoms with Crippen LogP contribution < -0.4 is 9.64 Å². The quantitative estimate of drug-likeness (QED) is 0.834. The maximum Gasteiger partial charge on any atom is 0.243 e. The molecular formula is C17H24N2O4S. The maximum atomic E-state index is 13.0. The zero-order chi connectivity index (χ0) is 17.2. The van der Waals surface area contributed by atoms with Crippen LogP contribution in [-0.4, -0.2) is 45.4 Å². The van der Waals surface area contributed by atoms with Crippen LogP contribution in [0.15, 0.2) is 23.1 Å². The average molecular weight is 352 g/mol. The highest BCUT2D eigenvalue weighted by atomic mass is 32.2. The third-order valence-electron chi connectivity index (χ3n) is 4.72. The number of benzene rings is 1. The van der Waals surface area contributed by atoms with Gasteiger partial charge < -0.3 is 9.64 Å². The molecule has 0 unspecified atom stereocenters. The molecule has 0 bridgehead atoms. The Morgan fingerprint density at radius 2 is 1.71 bits per heavy atom. The third kappa shape index (κ3) is 3.28. The Labute approximate surface area is 143 Å². The van der Waals surface area contributed by atoms with E-state index >= 15 is 0 Å². The predicted molar refractivity (Wildman–Crippen MR) is 91.8 cm³/mol. The van der Waals surface area contributed by atoms with Gasteiger partial charge in [0.15, 0.2) is 0 Å². The maximum absolute atomic E-state index is 13.0. The average Bonchev–Trinajstić information content (AvgIpc) is 2.84. The summed E-state index contributed by atoms with van der Waals surface area (Å²) in [5.41, 5.74) is 0.552. The van der Waals surface area contributed by atoms with Gasteiger partial charge in [-0.3, -0.25) is 4.79 Å². The third-order valence-corrected chi connectivity index (χ3v) is 6.61. The van der Waals surface area contributed by atoms with Gasteiger partial charge in [-0.25, -0.2) is 8.42 Å². The fourth-order valence-electron chi connectivity index (χ4n) is 3.38. The summed E-state index contributed by atoms with van der Waals surface area (Å²) in [4.78, 5) is 13.9. The zero-order valence-corrected chi connectivity index (χ0v) is 14.8. The molecule has 1 aromatic carbocycles. The molecule has 7 heteroatoms. The second-order valence-electron chi connectivity index (χ2n) is 6.30. The van der Waals surface area contributed by atoms with E-state index in [0.29, 0.717) is 37.5 Å². The molecule has 0 aromatic heterocycles. The van der Waals surface area contributed by atoms with Crippen LogP contribution in [0.3, 0.4) is 0 Å². The number of amides is 1. The summed E-state index contributed by atoms with van der Waals surface area (Å²) >= 11 is 0. The van der Waals surface area contributed by atoms with Gasteiger partial charge in [-0.15, -0.1) is 0 Å². The van der Waals surface area contributed by atoms with Crippen molar-refractivity contribution < 1.29 is 17.9 Å². The van der Waals surface area contributed by atoms with Gasteiger partial charge in [0, 0.05) is 26.1 Å². The lowest BCUT2D eigenvalue weighted by molar-refractivity contribution is -0.117. The molecule has 0 atom stereocenters. The van der Waals surface area contributed by atoms with Gasteiger partial charge >= 0.3 is 0 Å². The van der Waals surface area contributed by atoms with Gasteiger partial charge in [0.05, 0.1) is 17.7 Å². The summed E-state index contributed by atoms with van der Waals surface area (Å²) in [5, 5.41) is 0. The van der Waals surface area contributed by atoms with Crippen molar-refractivity contribution in [2.45, 2.75) is 43.4 Å². The first-order valence-corrected chi connectivity index (χ1v) is 9.96. The van der Waals surface area contributed by atoms with E-state index in [-0.39, 0.29) is 10.8 Å². The first-order chi connectivity index (χ1) is 11.5. The number of hydrogen-bond acceptors (Lipinski definition) is 4. The Kier molecular flexibility index (Phi) is 5.10. The first kappa shape index (κ1) is 17.2. The minimum absolute atomic E-state index is 0.0117. The van der Waals surface area contributed by atoms with Crippen LogP contribution in [0.1, 0.15) is 38.5 Å². The number of anilines is 1. The highest BCUT2D eigenvalue weighted by Crippen LogP contribution is 2.34. The number of sulfonamides is 1. The van der Waals surface area contributed by atoms with Crippen molar-refractivity contribution in [2.75, 3.05) is 31.6 Å². The van der Waals surface area contributed by atoms with Crippen molar-refractivity contribution in [1.29, 1.82) is 0 Å². The van der Waals surface area contributed by atoms with Crippen molar-refractivity contribution >= 4 is 21.6 Å². The van der Waals surface area contributed by atoms with Crippen LogP contribution in [0.5, 0.6) is 5.75 Å². The van der Waals surface area contributed by atoms with Crippen molar-refractivity contribution in [3.8, 4) is 5.75 Å². The predicted octanol–water partition coefficient (Wildman–Crippen LogP) is 2.39. The van der Waals surface area contributed by atoms with Gasteiger partial charge in [-0.05, 0) is 37.5 Å². The molecule has 3 rings (SSSR count). The van der Waals surface area contributed by atoms with Gasteiger partial charge in [0.2, 0.25) is 15.9 Å². The molecule has 0 N–H and O–H groups in total. The molecule has 0 aliphatic carbocycles. The number of carbonyl (C=O) groups excluding carboxylic acids is 1. The van der Waals surface area contributed by atoms with Crippen LogP contribution in [-0.2, 0) is 14.8 Å². The smallest absolute Gasteiger partial charge is 0.243 e. The molecule has 132 valence electrons. The van der Waals surface area contributed by atoms with E-state index in [0.717, 1.165) is 32.1 Å². The fourth-order valence-corrected chi connectivity index (χ4v) is 4.91. The largest absolute Gasteiger partial charge is 0.495 e. The molecule has 2 aliphatic heterocycles. The SMILES string of the molecule is COc1ccc(S(=O)(=O)N2CCCCCC2)cc1N1CCCC1=O. The summed E-state index contributed by atoms with van der Waals surface area (Å²) in [6, 6.07) is 4.80. The normalized spacial score (nSPS) is 20.2. The van der Waals surface area contributed by atoms with Crippen LogP contribution in [0, 0.1) is 0 Å². The summed E-state index contributed by atoms with van der Waals surface area (Å²) in [6.07, 6.45) is 5.21. The molecule has 24 heavy (non-hydrogen) atoms. The minimum atomic E-state index is -3.54. The Morgan fingerprint density at radius 3 is 2.29 bits per heavy atom. The number of carbonyl (C=O) groups is 1. The number of nitrogens with zero attached hydrogens (tertiary/aromatic N) is 2. The molecule has 2 fully saturated rings. The summed E-state index contributed by atoms with van der Waals surface area (Å²) < 4.78 is 32.8. The molecule has 2 saturated heterocycles. The monoisotopic (exact) mass is 352 g/mol. The number of methoxy groups -OCH3 is 1. The second kappa shape index (κ2) is 7.11. The molecule has 6 nitrogen and oxygen atoms in total. The molecule has 1 aromatic rings. The lowest BCUT2D eigenvalue weighted by atomic mass is 10.2. The molecule has 2 heterocycles. The van der Waals surface area contributed by atoms with Crippen LogP contribution in [0.2, 0.25) is 0 Å². The van der Waals surface area contributed by atoms with E-state index in [4.69, 9.17) is 4.74 Å². The van der Waals surface area contributed by atoms with E-state index in [9.17, 15) is 13.2 Å². The zero-order valence-electron chi connectivity index (χ0n) is 14.0. The van der Waals surface area contributed by atoms with E-state index in [1.165, 1.54) is 7.11 Å². The standard InChI is InChI=1S/C17H24N2O4S/c1-23-16-9-8-14(13-15(16)19-12-6-7-17(19)20)24(21,22)18-10-4-2-3-5-11-18/h8-9,13H,2-7,10-12H2,1H3. The lowest BCUT2D eigenvalue weighted by Crippen LogP contribution is -2.32. The van der Waals surface area contributed by atoms with Crippen molar-refractivity contribution in [3.63, 3.8) is 0 Å². The number of hydrogen-bond donors (Lipinski definition) is 0. The lowest BCUT2D eigenvalue weighted by Gasteiger charge is -2.23. The Bertz CT molecular complexity index is 709. The topological polar surface area (TPSA) is 66.9 Å². The van der Waals surface area contributed by atoms with E-state index in [1.54, 1.807) is 27.4 Å². The second-order valence-corrected chi connectivity index (χ2v) is 8.24. The molecule has 0 saturated carbocycles. The van der Waals surface area contributed by atoms with Gasteiger partial charge in [-0.1, -0.05) is 12.8 Å². The van der Waals surface area contributed by atoms with Crippen LogP contribution >= 0.6 is 0 Å². The molecule has 0 radical (unpaired) electrons. The molecule has 2 aliphatic rings. The summed E-state index contributed by atoms with van der Waals surface area (Å²) in [5.74, 6) is 0.540. The first-order valence-electron chi connectivity index (χ1n) is 8.52. The molecule has 1 amide bonds.